The number of carbonyl (C=O) groups excluding carboxylic acids is 3. The van der Waals surface area contributed by atoms with E-state index >= 15 is 0 Å². The van der Waals surface area contributed by atoms with Gasteiger partial charge in [0.15, 0.2) is 5.78 Å². The summed E-state index contributed by atoms with van der Waals surface area (Å²) in [5.41, 5.74) is 2.66. The topological polar surface area (TPSA) is 54.5 Å². The summed E-state index contributed by atoms with van der Waals surface area (Å²) < 4.78 is 0. The Labute approximate surface area is 211 Å². The van der Waals surface area contributed by atoms with Crippen molar-refractivity contribution >= 4 is 28.7 Å². The summed E-state index contributed by atoms with van der Waals surface area (Å²) in [6, 6.07) is 29.6. The summed E-state index contributed by atoms with van der Waals surface area (Å²) >= 11 is 0. The third kappa shape index (κ3) is 2.67. The Morgan fingerprint density at radius 2 is 1.00 bits per heavy atom. The van der Waals surface area contributed by atoms with E-state index in [0.29, 0.717) is 12.8 Å². The maximum absolute atomic E-state index is 14.6. The molecule has 0 unspecified atom stereocenters. The number of fused-ring (bicyclic) bond motifs is 5. The van der Waals surface area contributed by atoms with Gasteiger partial charge in [-0.25, -0.2) is 0 Å². The average Bonchev–Trinajstić information content (AvgIpc) is 3.42. The minimum atomic E-state index is -1.02. The van der Waals surface area contributed by atoms with E-state index in [2.05, 4.69) is 0 Å². The second-order valence-corrected chi connectivity index (χ2v) is 10.2. The van der Waals surface area contributed by atoms with Crippen LogP contribution in [0.2, 0.25) is 0 Å². The molecule has 1 heterocycles. The molecule has 4 atom stereocenters. The van der Waals surface area contributed by atoms with Crippen molar-refractivity contribution in [2.24, 2.45) is 22.7 Å². The number of benzene rings is 3. The highest BCUT2D eigenvalue weighted by molar-refractivity contribution is 6.29. The Hall–Kier alpha value is -3.79. The van der Waals surface area contributed by atoms with Crippen molar-refractivity contribution in [3.05, 3.63) is 108 Å². The average molecular weight is 476 g/mol. The van der Waals surface area contributed by atoms with Crippen molar-refractivity contribution in [2.75, 3.05) is 0 Å². The van der Waals surface area contributed by atoms with E-state index < -0.39 is 22.7 Å². The Bertz CT molecular complexity index is 1310. The molecular weight excluding hydrogens is 446 g/mol. The first-order valence-corrected chi connectivity index (χ1v) is 12.8. The van der Waals surface area contributed by atoms with Crippen LogP contribution in [0.25, 0.3) is 11.1 Å². The highest BCUT2D eigenvalue weighted by Crippen LogP contribution is 2.75. The number of rotatable bonds is 6. The van der Waals surface area contributed by atoms with Crippen LogP contribution in [-0.4, -0.2) is 22.5 Å². The summed E-state index contributed by atoms with van der Waals surface area (Å²) in [6.45, 7) is 4.23. The summed E-state index contributed by atoms with van der Waals surface area (Å²) in [4.78, 5) is 44.3. The smallest absolute Gasteiger partial charge is 0.234 e. The zero-order valence-corrected chi connectivity index (χ0v) is 20.6. The normalized spacial score (nSPS) is 28.8. The van der Waals surface area contributed by atoms with Crippen molar-refractivity contribution in [3.8, 4) is 0 Å². The van der Waals surface area contributed by atoms with Gasteiger partial charge in [0.25, 0.3) is 0 Å². The van der Waals surface area contributed by atoms with Crippen molar-refractivity contribution < 1.29 is 14.4 Å². The van der Waals surface area contributed by atoms with E-state index in [1.807, 2.05) is 105 Å². The molecule has 1 saturated heterocycles. The summed E-state index contributed by atoms with van der Waals surface area (Å²) in [7, 11) is 0. The van der Waals surface area contributed by atoms with Crippen LogP contribution in [0.5, 0.6) is 0 Å². The number of imide groups is 1. The summed E-state index contributed by atoms with van der Waals surface area (Å²) in [6.07, 6.45) is 0.959. The molecule has 0 radical (unpaired) electrons. The molecule has 180 valence electrons. The van der Waals surface area contributed by atoms with E-state index in [1.54, 1.807) is 0 Å². The zero-order valence-electron chi connectivity index (χ0n) is 20.6. The molecule has 4 nitrogen and oxygen atoms in total. The molecule has 2 bridgehead atoms. The largest absolute Gasteiger partial charge is 0.298 e. The van der Waals surface area contributed by atoms with Gasteiger partial charge in [0.1, 0.15) is 0 Å². The molecule has 1 aliphatic heterocycles. The maximum Gasteiger partial charge on any atom is 0.234 e. The highest BCUT2D eigenvalue weighted by Gasteiger charge is 2.80. The second kappa shape index (κ2) is 8.12. The predicted octanol–water partition coefficient (Wildman–Crippen LogP) is 5.79. The molecule has 2 fully saturated rings. The zero-order chi connectivity index (χ0) is 25.1. The number of ketones is 1. The molecule has 3 aromatic carbocycles. The number of likely N-dealkylation sites (tertiary alicyclic amines) is 1. The van der Waals surface area contributed by atoms with Crippen LogP contribution in [0.1, 0.15) is 43.4 Å². The van der Waals surface area contributed by atoms with Gasteiger partial charge in [-0.15, -0.1) is 0 Å². The van der Waals surface area contributed by atoms with Gasteiger partial charge in [0, 0.05) is 0 Å². The number of hydrogen-bond acceptors (Lipinski definition) is 3. The van der Waals surface area contributed by atoms with Crippen molar-refractivity contribution in [1.82, 2.24) is 4.90 Å². The van der Waals surface area contributed by atoms with Crippen molar-refractivity contribution in [3.63, 3.8) is 0 Å². The first kappa shape index (κ1) is 22.7. The van der Waals surface area contributed by atoms with E-state index in [9.17, 15) is 14.4 Å². The maximum atomic E-state index is 14.6. The van der Waals surface area contributed by atoms with Gasteiger partial charge in [0.05, 0.1) is 29.2 Å². The standard InChI is InChI=1S/C32H29NO3/c1-3-31-24(22-16-10-6-11-17-22)25(23-18-12-7-13-19-23)32(4-2,30(31)36)27-26(31)28(34)33(29(27)35)20-21-14-8-5-9-15-21/h5-19,26-27H,3-4,20H2,1-2H3/t26-,27+,31-,32-/m0/s1. The molecule has 0 spiro atoms. The Morgan fingerprint density at radius 1 is 0.611 bits per heavy atom. The lowest BCUT2D eigenvalue weighted by atomic mass is 9.60. The minimum absolute atomic E-state index is 0.0498. The molecular formula is C32H29NO3. The quantitative estimate of drug-likeness (QED) is 0.424. The number of hydrogen-bond donors (Lipinski definition) is 0. The molecule has 3 aliphatic rings. The van der Waals surface area contributed by atoms with E-state index in [0.717, 1.165) is 27.8 Å². The van der Waals surface area contributed by atoms with Crippen LogP contribution in [0.3, 0.4) is 0 Å². The van der Waals surface area contributed by atoms with Gasteiger partial charge in [-0.3, -0.25) is 19.3 Å². The van der Waals surface area contributed by atoms with Crippen LogP contribution >= 0.6 is 0 Å². The van der Waals surface area contributed by atoms with Crippen molar-refractivity contribution in [2.45, 2.75) is 33.2 Å². The van der Waals surface area contributed by atoms with Crippen LogP contribution in [0.15, 0.2) is 91.0 Å². The van der Waals surface area contributed by atoms with Gasteiger partial charge in [-0.05, 0) is 40.7 Å². The van der Waals surface area contributed by atoms with Crippen LogP contribution < -0.4 is 0 Å². The van der Waals surface area contributed by atoms with Crippen LogP contribution in [-0.2, 0) is 20.9 Å². The van der Waals surface area contributed by atoms with Gasteiger partial charge in [-0.1, -0.05) is 105 Å². The van der Waals surface area contributed by atoms with Gasteiger partial charge in [0.2, 0.25) is 11.8 Å². The number of Topliss-reactive ketones (excluding diaryl/α,β-unsaturated/α-hetero) is 1. The SMILES string of the molecule is CC[C@]12C(=O)[C@@](CC)(C(c3ccccc3)=C1c1ccccc1)[C@H]1C(=O)N(Cc3ccccc3)C(=O)[C@H]12. The highest BCUT2D eigenvalue weighted by atomic mass is 16.2. The molecule has 4 heteroatoms. The molecule has 2 amide bonds. The number of carbonyl (C=O) groups is 3. The lowest BCUT2D eigenvalue weighted by molar-refractivity contribution is -0.146. The Balaban J connectivity index is 1.62. The molecule has 0 N–H and O–H groups in total. The number of allylic oxidation sites excluding steroid dienone is 2. The monoisotopic (exact) mass is 475 g/mol. The lowest BCUT2D eigenvalue weighted by Gasteiger charge is -2.38. The number of nitrogens with zero attached hydrogens (tertiary/aromatic N) is 1. The first-order valence-electron chi connectivity index (χ1n) is 12.8. The van der Waals surface area contributed by atoms with Gasteiger partial charge >= 0.3 is 0 Å². The first-order chi connectivity index (χ1) is 17.5. The Kier molecular flexibility index (Phi) is 5.11. The third-order valence-electron chi connectivity index (χ3n) is 8.84. The second-order valence-electron chi connectivity index (χ2n) is 10.2. The molecule has 3 aromatic rings. The van der Waals surface area contributed by atoms with E-state index in [4.69, 9.17) is 0 Å². The fraction of sp³-hybridized carbons (Fsp3) is 0.281. The molecule has 2 aliphatic carbocycles. The fourth-order valence-corrected chi connectivity index (χ4v) is 7.43. The molecule has 6 rings (SSSR count). The Morgan fingerprint density at radius 3 is 1.39 bits per heavy atom. The predicted molar refractivity (Wildman–Crippen MR) is 139 cm³/mol. The van der Waals surface area contributed by atoms with E-state index in [1.165, 1.54) is 4.90 Å². The van der Waals surface area contributed by atoms with Gasteiger partial charge in [-0.2, -0.15) is 0 Å². The summed E-state index contributed by atoms with van der Waals surface area (Å²) in [5.74, 6) is -1.71. The minimum Gasteiger partial charge on any atom is -0.298 e. The molecule has 36 heavy (non-hydrogen) atoms. The fourth-order valence-electron chi connectivity index (χ4n) is 7.43. The number of amides is 2. The third-order valence-corrected chi connectivity index (χ3v) is 8.84. The van der Waals surface area contributed by atoms with Gasteiger partial charge < -0.3 is 0 Å². The van der Waals surface area contributed by atoms with Crippen LogP contribution in [0, 0.1) is 22.7 Å². The summed E-state index contributed by atoms with van der Waals surface area (Å²) in [5, 5.41) is 0. The molecule has 0 aromatic heterocycles. The van der Waals surface area contributed by atoms with Crippen LogP contribution in [0.4, 0.5) is 0 Å². The molecule has 1 saturated carbocycles. The van der Waals surface area contributed by atoms with E-state index in [-0.39, 0.29) is 24.1 Å². The van der Waals surface area contributed by atoms with Crippen molar-refractivity contribution in [1.29, 1.82) is 0 Å². The lowest BCUT2D eigenvalue weighted by Crippen LogP contribution is -2.41.